The molecule has 1 aliphatic heterocycles. The zero-order valence-electron chi connectivity index (χ0n) is 19.2. The fourth-order valence-electron chi connectivity index (χ4n) is 3.47. The predicted molar refractivity (Wildman–Crippen MR) is 128 cm³/mol. The zero-order valence-corrected chi connectivity index (χ0v) is 20.0. The van der Waals surface area contributed by atoms with Crippen LogP contribution in [0.2, 0.25) is 0 Å². The van der Waals surface area contributed by atoms with Gasteiger partial charge in [-0.25, -0.2) is 9.78 Å². The van der Waals surface area contributed by atoms with Gasteiger partial charge in [0, 0.05) is 29.6 Å². The molecule has 2 amide bonds. The summed E-state index contributed by atoms with van der Waals surface area (Å²) in [5.41, 5.74) is 4.27. The predicted octanol–water partition coefficient (Wildman–Crippen LogP) is 3.58. The molecule has 0 fully saturated rings. The number of hydrogen-bond acceptors (Lipinski definition) is 7. The first-order chi connectivity index (χ1) is 15.7. The largest absolute Gasteiger partial charge is 0.444 e. The Morgan fingerprint density at radius 3 is 2.67 bits per heavy atom. The minimum Gasteiger partial charge on any atom is -0.444 e. The maximum absolute atomic E-state index is 12.2. The van der Waals surface area contributed by atoms with Gasteiger partial charge in [-0.15, -0.1) is 11.3 Å². The Kier molecular flexibility index (Phi) is 6.48. The van der Waals surface area contributed by atoms with Crippen LogP contribution < -0.4 is 10.6 Å². The number of ether oxygens (including phenoxy) is 1. The van der Waals surface area contributed by atoms with Crippen molar-refractivity contribution in [3.8, 4) is 22.5 Å². The van der Waals surface area contributed by atoms with Crippen molar-refractivity contribution in [2.24, 2.45) is 0 Å². The average molecular weight is 469 g/mol. The normalized spacial score (nSPS) is 13.9. The Morgan fingerprint density at radius 1 is 1.15 bits per heavy atom. The van der Waals surface area contributed by atoms with Gasteiger partial charge >= 0.3 is 6.09 Å². The number of carbonyl (C=O) groups excluding carboxylic acids is 2. The molecule has 10 heteroatoms. The summed E-state index contributed by atoms with van der Waals surface area (Å²) < 4.78 is 7.20. The number of rotatable bonds is 5. The standard InChI is InChI=1S/C23H28N6O3S/c1-23(2,3)32-22(31)24-12-20(30)26-21-25-19(14-33-21)16-7-5-6-15(10-16)18-11-17-13-28(4)8-9-29(17)27-18/h5-7,10-11,14H,8-9,12-13H2,1-4H3,(H,24,31)(H,25,26,30). The zero-order chi connectivity index (χ0) is 23.6. The van der Waals surface area contributed by atoms with Crippen LogP contribution in [0.25, 0.3) is 22.5 Å². The maximum atomic E-state index is 12.2. The molecule has 4 rings (SSSR count). The lowest BCUT2D eigenvalue weighted by Gasteiger charge is -2.22. The highest BCUT2D eigenvalue weighted by Gasteiger charge is 2.18. The average Bonchev–Trinajstić information content (AvgIpc) is 3.38. The van der Waals surface area contributed by atoms with Crippen molar-refractivity contribution in [1.29, 1.82) is 0 Å². The van der Waals surface area contributed by atoms with Gasteiger partial charge in [0.2, 0.25) is 5.91 Å². The summed E-state index contributed by atoms with van der Waals surface area (Å²) in [6.07, 6.45) is -0.637. The highest BCUT2D eigenvalue weighted by molar-refractivity contribution is 7.14. The van der Waals surface area contributed by atoms with Crippen LogP contribution >= 0.6 is 11.3 Å². The number of alkyl carbamates (subject to hydrolysis) is 1. The Labute approximate surface area is 196 Å². The Bertz CT molecular complexity index is 1160. The summed E-state index contributed by atoms with van der Waals surface area (Å²) in [5.74, 6) is -0.371. The molecule has 0 saturated carbocycles. The molecular weight excluding hydrogens is 440 g/mol. The van der Waals surface area contributed by atoms with Gasteiger partial charge in [-0.3, -0.25) is 14.4 Å². The summed E-state index contributed by atoms with van der Waals surface area (Å²) in [7, 11) is 2.11. The summed E-state index contributed by atoms with van der Waals surface area (Å²) in [5, 5.41) is 12.3. The Morgan fingerprint density at radius 2 is 1.91 bits per heavy atom. The molecule has 2 N–H and O–H groups in total. The second kappa shape index (κ2) is 9.32. The third-order valence-corrected chi connectivity index (χ3v) is 5.74. The monoisotopic (exact) mass is 468 g/mol. The van der Waals surface area contributed by atoms with E-state index in [0.717, 1.165) is 42.1 Å². The first-order valence-electron chi connectivity index (χ1n) is 10.7. The van der Waals surface area contributed by atoms with Gasteiger partial charge in [-0.2, -0.15) is 5.10 Å². The van der Waals surface area contributed by atoms with E-state index in [1.54, 1.807) is 20.8 Å². The third kappa shape index (κ3) is 5.96. The fourth-order valence-corrected chi connectivity index (χ4v) is 4.21. The van der Waals surface area contributed by atoms with Crippen molar-refractivity contribution in [2.75, 3.05) is 25.5 Å². The van der Waals surface area contributed by atoms with Crippen LogP contribution in [0.3, 0.4) is 0 Å². The summed E-state index contributed by atoms with van der Waals surface area (Å²) in [6, 6.07) is 10.2. The van der Waals surface area contributed by atoms with Crippen molar-refractivity contribution in [3.05, 3.63) is 41.4 Å². The number of nitrogens with one attached hydrogen (secondary N) is 2. The Hall–Kier alpha value is -3.24. The molecule has 3 aromatic rings. The van der Waals surface area contributed by atoms with Crippen LogP contribution in [0.1, 0.15) is 26.5 Å². The quantitative estimate of drug-likeness (QED) is 0.594. The van der Waals surface area contributed by atoms with E-state index in [-0.39, 0.29) is 12.5 Å². The minimum absolute atomic E-state index is 0.195. The van der Waals surface area contributed by atoms with Crippen LogP contribution in [-0.4, -0.2) is 57.4 Å². The first-order valence-corrected chi connectivity index (χ1v) is 11.6. The third-order valence-electron chi connectivity index (χ3n) is 4.99. The van der Waals surface area contributed by atoms with Crippen molar-refractivity contribution < 1.29 is 14.3 Å². The van der Waals surface area contributed by atoms with E-state index in [1.807, 2.05) is 23.6 Å². The number of thiazole rings is 1. The summed E-state index contributed by atoms with van der Waals surface area (Å²) in [6.45, 7) is 7.87. The van der Waals surface area contributed by atoms with Crippen molar-refractivity contribution in [2.45, 2.75) is 39.5 Å². The number of benzene rings is 1. The van der Waals surface area contributed by atoms with Gasteiger partial charge in [-0.05, 0) is 40.0 Å². The number of likely N-dealkylation sites (N-methyl/N-ethyl adjacent to an activating group) is 1. The van der Waals surface area contributed by atoms with Gasteiger partial charge < -0.3 is 15.4 Å². The molecule has 9 nitrogen and oxygen atoms in total. The molecule has 0 bridgehead atoms. The number of carbonyl (C=O) groups is 2. The molecule has 3 heterocycles. The van der Waals surface area contributed by atoms with Gasteiger partial charge in [-0.1, -0.05) is 18.2 Å². The fraction of sp³-hybridized carbons (Fsp3) is 0.391. The number of aromatic nitrogens is 3. The molecule has 33 heavy (non-hydrogen) atoms. The highest BCUT2D eigenvalue weighted by atomic mass is 32.1. The molecule has 2 aromatic heterocycles. The topological polar surface area (TPSA) is 101 Å². The second-order valence-corrected chi connectivity index (χ2v) is 9.86. The SMILES string of the molecule is CN1CCn2nc(-c3cccc(-c4csc(NC(=O)CNC(=O)OC(C)(C)C)n4)c3)cc2C1. The van der Waals surface area contributed by atoms with E-state index in [2.05, 4.69) is 44.4 Å². The molecule has 0 radical (unpaired) electrons. The van der Waals surface area contributed by atoms with Gasteiger partial charge in [0.1, 0.15) is 12.1 Å². The molecular formula is C23H28N6O3S. The van der Waals surface area contributed by atoms with Gasteiger partial charge in [0.25, 0.3) is 0 Å². The number of fused-ring (bicyclic) bond motifs is 1. The summed E-state index contributed by atoms with van der Waals surface area (Å²) >= 11 is 1.33. The lowest BCUT2D eigenvalue weighted by atomic mass is 10.1. The van der Waals surface area contributed by atoms with E-state index in [9.17, 15) is 9.59 Å². The van der Waals surface area contributed by atoms with Crippen molar-refractivity contribution in [3.63, 3.8) is 0 Å². The molecule has 0 saturated heterocycles. The van der Waals surface area contributed by atoms with E-state index < -0.39 is 11.7 Å². The van der Waals surface area contributed by atoms with E-state index in [4.69, 9.17) is 9.84 Å². The number of amides is 2. The van der Waals surface area contributed by atoms with E-state index >= 15 is 0 Å². The minimum atomic E-state index is -0.637. The second-order valence-electron chi connectivity index (χ2n) is 9.00. The smallest absolute Gasteiger partial charge is 0.408 e. The molecule has 0 aliphatic carbocycles. The van der Waals surface area contributed by atoms with Crippen LogP contribution in [0.15, 0.2) is 35.7 Å². The van der Waals surface area contributed by atoms with Crippen molar-refractivity contribution >= 4 is 28.5 Å². The number of anilines is 1. The van der Waals surface area contributed by atoms with E-state index in [0.29, 0.717) is 5.13 Å². The molecule has 174 valence electrons. The lowest BCUT2D eigenvalue weighted by Crippen LogP contribution is -2.37. The van der Waals surface area contributed by atoms with Crippen LogP contribution in [0.5, 0.6) is 0 Å². The molecule has 0 spiro atoms. The lowest BCUT2D eigenvalue weighted by molar-refractivity contribution is -0.115. The van der Waals surface area contributed by atoms with Crippen molar-refractivity contribution in [1.82, 2.24) is 25.0 Å². The van der Waals surface area contributed by atoms with Crippen LogP contribution in [-0.2, 0) is 22.6 Å². The van der Waals surface area contributed by atoms with E-state index in [1.165, 1.54) is 17.0 Å². The van der Waals surface area contributed by atoms with Crippen LogP contribution in [0, 0.1) is 0 Å². The van der Waals surface area contributed by atoms with Gasteiger partial charge in [0.05, 0.1) is 23.6 Å². The van der Waals surface area contributed by atoms with Crippen LogP contribution in [0.4, 0.5) is 9.93 Å². The van der Waals surface area contributed by atoms with Gasteiger partial charge in [0.15, 0.2) is 5.13 Å². The molecule has 1 aromatic carbocycles. The first kappa shape index (κ1) is 22.9. The molecule has 1 aliphatic rings. The molecule has 0 unspecified atom stereocenters. The molecule has 0 atom stereocenters. The Balaban J connectivity index is 1.40. The maximum Gasteiger partial charge on any atom is 0.408 e. The highest BCUT2D eigenvalue weighted by Crippen LogP contribution is 2.29. The number of nitrogens with zero attached hydrogens (tertiary/aromatic N) is 4. The summed E-state index contributed by atoms with van der Waals surface area (Å²) in [4.78, 5) is 30.7. The number of hydrogen-bond donors (Lipinski definition) is 2.